The zero-order valence-electron chi connectivity index (χ0n) is 11.6. The van der Waals surface area contributed by atoms with Crippen molar-refractivity contribution in [1.82, 2.24) is 20.4 Å². The van der Waals surface area contributed by atoms with Crippen LogP contribution in [0.3, 0.4) is 0 Å². The van der Waals surface area contributed by atoms with Gasteiger partial charge in [0, 0.05) is 0 Å². The van der Waals surface area contributed by atoms with E-state index in [1.807, 2.05) is 11.5 Å². The molecular weight excluding hydrogens is 270 g/mol. The van der Waals surface area contributed by atoms with Gasteiger partial charge in [-0.3, -0.25) is 10.2 Å². The fourth-order valence-electron chi connectivity index (χ4n) is 2.48. The second kappa shape index (κ2) is 5.92. The molecule has 0 saturated carbocycles. The zero-order valence-corrected chi connectivity index (χ0v) is 11.6. The molecule has 1 heterocycles. The van der Waals surface area contributed by atoms with E-state index in [1.54, 1.807) is 4.68 Å². The van der Waals surface area contributed by atoms with Gasteiger partial charge in [-0.2, -0.15) is 0 Å². The standard InChI is InChI=1S/C14H17N5O2/c15-16-14(20)13-9-19(18-17-13)6-7-21-12-5-4-10-2-1-3-11(10)8-12/h4-5,8-9H,1-3,6-7,15H2,(H,16,20). The van der Waals surface area contributed by atoms with Crippen molar-refractivity contribution in [3.8, 4) is 5.75 Å². The third-order valence-corrected chi connectivity index (χ3v) is 3.56. The molecule has 2 aromatic rings. The zero-order chi connectivity index (χ0) is 14.7. The number of benzene rings is 1. The van der Waals surface area contributed by atoms with Crippen molar-refractivity contribution in [2.75, 3.05) is 6.61 Å². The summed E-state index contributed by atoms with van der Waals surface area (Å²) in [5, 5.41) is 7.57. The second-order valence-corrected chi connectivity index (χ2v) is 4.97. The minimum atomic E-state index is -0.458. The highest BCUT2D eigenvalue weighted by molar-refractivity contribution is 5.91. The van der Waals surface area contributed by atoms with E-state index in [2.05, 4.69) is 22.4 Å². The third kappa shape index (κ3) is 3.03. The first-order chi connectivity index (χ1) is 10.3. The van der Waals surface area contributed by atoms with Gasteiger partial charge in [0.2, 0.25) is 0 Å². The van der Waals surface area contributed by atoms with E-state index in [-0.39, 0.29) is 5.69 Å². The molecule has 0 atom stereocenters. The van der Waals surface area contributed by atoms with Crippen molar-refractivity contribution < 1.29 is 9.53 Å². The summed E-state index contributed by atoms with van der Waals surface area (Å²) in [6, 6.07) is 6.24. The molecule has 0 bridgehead atoms. The predicted molar refractivity (Wildman–Crippen MR) is 75.6 cm³/mol. The minimum absolute atomic E-state index is 0.190. The Kier molecular flexibility index (Phi) is 3.83. The molecule has 0 aliphatic heterocycles. The Bertz CT molecular complexity index is 653. The van der Waals surface area contributed by atoms with Crippen LogP contribution in [-0.2, 0) is 19.4 Å². The van der Waals surface area contributed by atoms with Crippen LogP contribution in [-0.4, -0.2) is 27.5 Å². The van der Waals surface area contributed by atoms with Gasteiger partial charge in [-0.05, 0) is 42.5 Å². The molecule has 1 aliphatic carbocycles. The molecule has 0 radical (unpaired) electrons. The molecule has 0 unspecified atom stereocenters. The average molecular weight is 287 g/mol. The normalized spacial score (nSPS) is 13.0. The van der Waals surface area contributed by atoms with Gasteiger partial charge in [-0.25, -0.2) is 10.5 Å². The van der Waals surface area contributed by atoms with Crippen LogP contribution < -0.4 is 16.0 Å². The van der Waals surface area contributed by atoms with Crippen LogP contribution in [0.15, 0.2) is 24.4 Å². The summed E-state index contributed by atoms with van der Waals surface area (Å²) in [4.78, 5) is 11.2. The highest BCUT2D eigenvalue weighted by Crippen LogP contribution is 2.25. The van der Waals surface area contributed by atoms with E-state index < -0.39 is 5.91 Å². The lowest BCUT2D eigenvalue weighted by molar-refractivity contribution is 0.0948. The van der Waals surface area contributed by atoms with Gasteiger partial charge in [-0.15, -0.1) is 5.10 Å². The van der Waals surface area contributed by atoms with Crippen molar-refractivity contribution in [2.24, 2.45) is 5.84 Å². The fraction of sp³-hybridized carbons (Fsp3) is 0.357. The Balaban J connectivity index is 1.54. The molecule has 1 aliphatic rings. The molecule has 3 rings (SSSR count). The summed E-state index contributed by atoms with van der Waals surface area (Å²) < 4.78 is 7.27. The second-order valence-electron chi connectivity index (χ2n) is 4.97. The van der Waals surface area contributed by atoms with Crippen molar-refractivity contribution >= 4 is 5.91 Å². The number of nitrogens with two attached hydrogens (primary N) is 1. The van der Waals surface area contributed by atoms with Crippen LogP contribution in [0.4, 0.5) is 0 Å². The van der Waals surface area contributed by atoms with Gasteiger partial charge in [0.15, 0.2) is 5.69 Å². The molecule has 7 nitrogen and oxygen atoms in total. The van der Waals surface area contributed by atoms with Crippen molar-refractivity contribution in [1.29, 1.82) is 0 Å². The maximum absolute atomic E-state index is 11.2. The van der Waals surface area contributed by atoms with Crippen LogP contribution in [0.1, 0.15) is 28.0 Å². The van der Waals surface area contributed by atoms with E-state index in [4.69, 9.17) is 10.6 Å². The minimum Gasteiger partial charge on any atom is -0.492 e. The number of hydrogen-bond acceptors (Lipinski definition) is 5. The number of ether oxygens (including phenoxy) is 1. The lowest BCUT2D eigenvalue weighted by Crippen LogP contribution is -2.30. The summed E-state index contributed by atoms with van der Waals surface area (Å²) in [5.41, 5.74) is 5.02. The maximum atomic E-state index is 11.2. The molecule has 0 saturated heterocycles. The molecule has 21 heavy (non-hydrogen) atoms. The molecule has 1 aromatic carbocycles. The summed E-state index contributed by atoms with van der Waals surface area (Å²) >= 11 is 0. The smallest absolute Gasteiger partial charge is 0.287 e. The molecule has 7 heteroatoms. The molecule has 0 fully saturated rings. The number of aryl methyl sites for hydroxylation is 2. The number of carbonyl (C=O) groups is 1. The van der Waals surface area contributed by atoms with E-state index in [0.29, 0.717) is 13.2 Å². The molecule has 1 amide bonds. The third-order valence-electron chi connectivity index (χ3n) is 3.56. The Labute approximate surface area is 122 Å². The first kappa shape index (κ1) is 13.6. The maximum Gasteiger partial charge on any atom is 0.287 e. The Morgan fingerprint density at radius 1 is 1.38 bits per heavy atom. The number of nitrogens with one attached hydrogen (secondary N) is 1. The molecule has 3 N–H and O–H groups in total. The van der Waals surface area contributed by atoms with Crippen LogP contribution in [0.5, 0.6) is 5.75 Å². The van der Waals surface area contributed by atoms with Gasteiger partial charge in [0.1, 0.15) is 12.4 Å². The molecule has 0 spiro atoms. The highest BCUT2D eigenvalue weighted by Gasteiger charge is 2.11. The summed E-state index contributed by atoms with van der Waals surface area (Å²) in [7, 11) is 0. The highest BCUT2D eigenvalue weighted by atomic mass is 16.5. The molecule has 110 valence electrons. The topological polar surface area (TPSA) is 95.1 Å². The summed E-state index contributed by atoms with van der Waals surface area (Å²) in [6.45, 7) is 0.980. The van der Waals surface area contributed by atoms with E-state index in [0.717, 1.165) is 12.2 Å². The lowest BCUT2D eigenvalue weighted by atomic mass is 10.1. The monoisotopic (exact) mass is 287 g/mol. The van der Waals surface area contributed by atoms with Crippen LogP contribution in [0, 0.1) is 0 Å². The van der Waals surface area contributed by atoms with E-state index >= 15 is 0 Å². The van der Waals surface area contributed by atoms with Gasteiger partial charge in [0.25, 0.3) is 5.91 Å². The number of rotatable bonds is 5. The Morgan fingerprint density at radius 3 is 3.10 bits per heavy atom. The van der Waals surface area contributed by atoms with Crippen LogP contribution in [0.2, 0.25) is 0 Å². The van der Waals surface area contributed by atoms with E-state index in [9.17, 15) is 4.79 Å². The first-order valence-electron chi connectivity index (χ1n) is 6.92. The van der Waals surface area contributed by atoms with Crippen LogP contribution >= 0.6 is 0 Å². The SMILES string of the molecule is NNC(=O)c1cn(CCOc2ccc3c(c2)CCC3)nn1. The number of nitrogen functional groups attached to an aromatic ring is 1. The summed E-state index contributed by atoms with van der Waals surface area (Å²) in [5.74, 6) is 5.45. The fourth-order valence-corrected chi connectivity index (χ4v) is 2.48. The average Bonchev–Trinajstić information content (AvgIpc) is 3.14. The van der Waals surface area contributed by atoms with Crippen molar-refractivity contribution in [2.45, 2.75) is 25.8 Å². The van der Waals surface area contributed by atoms with Gasteiger partial charge in [0.05, 0.1) is 12.7 Å². The number of hydrazine groups is 1. The predicted octanol–water partition coefficient (Wildman–Crippen LogP) is 0.449. The number of amides is 1. The first-order valence-corrected chi connectivity index (χ1v) is 6.92. The van der Waals surface area contributed by atoms with Gasteiger partial charge in [-0.1, -0.05) is 11.3 Å². The van der Waals surface area contributed by atoms with Gasteiger partial charge < -0.3 is 4.74 Å². The number of fused-ring (bicyclic) bond motifs is 1. The largest absolute Gasteiger partial charge is 0.492 e. The van der Waals surface area contributed by atoms with Crippen molar-refractivity contribution in [3.05, 3.63) is 41.2 Å². The van der Waals surface area contributed by atoms with E-state index in [1.165, 1.54) is 30.2 Å². The Morgan fingerprint density at radius 2 is 2.24 bits per heavy atom. The number of aromatic nitrogens is 3. The Hall–Kier alpha value is -2.41. The van der Waals surface area contributed by atoms with Crippen molar-refractivity contribution in [3.63, 3.8) is 0 Å². The van der Waals surface area contributed by atoms with Crippen LogP contribution in [0.25, 0.3) is 0 Å². The number of carbonyl (C=O) groups excluding carboxylic acids is 1. The molecular formula is C14H17N5O2. The lowest BCUT2D eigenvalue weighted by Gasteiger charge is -2.07. The number of hydrogen-bond donors (Lipinski definition) is 2. The van der Waals surface area contributed by atoms with Gasteiger partial charge >= 0.3 is 0 Å². The number of nitrogens with zero attached hydrogens (tertiary/aromatic N) is 3. The quantitative estimate of drug-likeness (QED) is 0.473. The molecule has 1 aromatic heterocycles. The summed E-state index contributed by atoms with van der Waals surface area (Å²) in [6.07, 6.45) is 5.06.